The molecule has 0 fully saturated rings. The minimum absolute atomic E-state index is 0.118. The smallest absolute Gasteiger partial charge is 0.256 e. The summed E-state index contributed by atoms with van der Waals surface area (Å²) >= 11 is 0. The van der Waals surface area contributed by atoms with Gasteiger partial charge in [0.25, 0.3) is 5.56 Å². The Labute approximate surface area is 145 Å². The van der Waals surface area contributed by atoms with Gasteiger partial charge in [-0.15, -0.1) is 0 Å². The van der Waals surface area contributed by atoms with Gasteiger partial charge in [0.15, 0.2) is 0 Å². The summed E-state index contributed by atoms with van der Waals surface area (Å²) in [5, 5.41) is 1.46. The molecule has 3 nitrogen and oxygen atoms in total. The van der Waals surface area contributed by atoms with E-state index in [2.05, 4.69) is 4.98 Å². The Hall–Kier alpha value is -3.33. The van der Waals surface area contributed by atoms with E-state index in [1.807, 2.05) is 78.9 Å². The van der Waals surface area contributed by atoms with Gasteiger partial charge in [0.05, 0.1) is 18.2 Å². The molecule has 0 amide bonds. The average Bonchev–Trinajstić information content (AvgIpc) is 2.69. The Kier molecular flexibility index (Phi) is 3.82. The summed E-state index contributed by atoms with van der Waals surface area (Å²) in [5.74, 6) is 0.694. The molecule has 4 rings (SSSR count). The number of aromatic nitrogens is 1. The number of rotatable bonds is 3. The lowest BCUT2D eigenvalue weighted by Crippen LogP contribution is -2.10. The first-order valence-electron chi connectivity index (χ1n) is 8.13. The van der Waals surface area contributed by atoms with Crippen LogP contribution in [-0.2, 0) is 0 Å². The Bertz CT molecular complexity index is 1080. The van der Waals surface area contributed by atoms with Gasteiger partial charge >= 0.3 is 0 Å². The average molecular weight is 327 g/mol. The molecule has 0 saturated carbocycles. The van der Waals surface area contributed by atoms with Crippen LogP contribution in [0.15, 0.2) is 83.7 Å². The van der Waals surface area contributed by atoms with Crippen molar-refractivity contribution >= 4 is 10.8 Å². The molecule has 0 bridgehead atoms. The first-order chi connectivity index (χ1) is 12.3. The third-order valence-electron chi connectivity index (χ3n) is 4.35. The molecular formula is C22H17NO2. The fraction of sp³-hybridized carbons (Fsp3) is 0.0455. The van der Waals surface area contributed by atoms with Crippen molar-refractivity contribution in [2.24, 2.45) is 0 Å². The van der Waals surface area contributed by atoms with Crippen LogP contribution in [0.1, 0.15) is 0 Å². The van der Waals surface area contributed by atoms with E-state index in [9.17, 15) is 4.79 Å². The molecule has 3 aromatic carbocycles. The molecule has 1 aromatic heterocycles. The fourth-order valence-electron chi connectivity index (χ4n) is 3.23. The maximum atomic E-state index is 12.7. The topological polar surface area (TPSA) is 42.1 Å². The van der Waals surface area contributed by atoms with Crippen LogP contribution in [0.4, 0.5) is 0 Å². The number of methoxy groups -OCH3 is 1. The molecule has 0 radical (unpaired) electrons. The molecule has 0 aliphatic heterocycles. The van der Waals surface area contributed by atoms with E-state index < -0.39 is 0 Å². The van der Waals surface area contributed by atoms with Crippen molar-refractivity contribution in [3.05, 3.63) is 89.2 Å². The van der Waals surface area contributed by atoms with E-state index in [0.29, 0.717) is 11.1 Å². The van der Waals surface area contributed by atoms with Crippen LogP contribution in [0, 0.1) is 0 Å². The number of aromatic amines is 1. The molecule has 0 spiro atoms. The van der Waals surface area contributed by atoms with Gasteiger partial charge in [0, 0.05) is 10.9 Å². The summed E-state index contributed by atoms with van der Waals surface area (Å²) in [6.07, 6.45) is 0. The first-order valence-corrected chi connectivity index (χ1v) is 8.13. The van der Waals surface area contributed by atoms with E-state index in [4.69, 9.17) is 4.74 Å². The van der Waals surface area contributed by atoms with Gasteiger partial charge in [-0.1, -0.05) is 66.7 Å². The molecular weight excluding hydrogens is 310 g/mol. The Balaban J connectivity index is 2.21. The summed E-state index contributed by atoms with van der Waals surface area (Å²) in [6, 6.07) is 25.5. The molecule has 0 unspecified atom stereocenters. The highest BCUT2D eigenvalue weighted by molar-refractivity contribution is 6.05. The molecule has 3 heteroatoms. The highest BCUT2D eigenvalue weighted by Gasteiger charge is 2.17. The predicted octanol–water partition coefficient (Wildman–Crippen LogP) is 4.87. The Morgan fingerprint density at radius 2 is 1.40 bits per heavy atom. The molecule has 4 aromatic rings. The maximum Gasteiger partial charge on any atom is 0.256 e. The zero-order valence-electron chi connectivity index (χ0n) is 13.8. The second kappa shape index (κ2) is 6.29. The van der Waals surface area contributed by atoms with Crippen molar-refractivity contribution in [1.82, 2.24) is 4.98 Å². The van der Waals surface area contributed by atoms with Crippen LogP contribution in [0.2, 0.25) is 0 Å². The third-order valence-corrected chi connectivity index (χ3v) is 4.35. The van der Waals surface area contributed by atoms with Gasteiger partial charge in [0.1, 0.15) is 5.75 Å². The Morgan fingerprint density at radius 3 is 2.04 bits per heavy atom. The number of hydrogen-bond donors (Lipinski definition) is 1. The van der Waals surface area contributed by atoms with Crippen LogP contribution >= 0.6 is 0 Å². The number of pyridine rings is 1. The van der Waals surface area contributed by atoms with Crippen LogP contribution in [0.25, 0.3) is 33.2 Å². The first kappa shape index (κ1) is 15.2. The minimum Gasteiger partial charge on any atom is -0.496 e. The van der Waals surface area contributed by atoms with Crippen molar-refractivity contribution < 1.29 is 4.74 Å². The summed E-state index contributed by atoms with van der Waals surface area (Å²) < 4.78 is 5.58. The fourth-order valence-corrected chi connectivity index (χ4v) is 3.23. The lowest BCUT2D eigenvalue weighted by atomic mass is 9.93. The second-order valence-electron chi connectivity index (χ2n) is 5.82. The second-order valence-corrected chi connectivity index (χ2v) is 5.82. The van der Waals surface area contributed by atoms with Crippen molar-refractivity contribution in [3.8, 4) is 28.1 Å². The SMILES string of the molecule is COc1cccc2c(=O)[nH]c(-c3ccccc3)c(-c3ccccc3)c12. The van der Waals surface area contributed by atoms with Crippen LogP contribution in [-0.4, -0.2) is 12.1 Å². The highest BCUT2D eigenvalue weighted by atomic mass is 16.5. The number of nitrogens with one attached hydrogen (secondary N) is 1. The molecule has 0 saturated heterocycles. The van der Waals surface area contributed by atoms with E-state index in [1.165, 1.54) is 0 Å². The molecule has 0 atom stereocenters. The van der Waals surface area contributed by atoms with Gasteiger partial charge in [-0.3, -0.25) is 4.79 Å². The van der Waals surface area contributed by atoms with E-state index in [1.54, 1.807) is 7.11 Å². The van der Waals surface area contributed by atoms with Gasteiger partial charge in [-0.05, 0) is 23.3 Å². The lowest BCUT2D eigenvalue weighted by Gasteiger charge is -2.16. The maximum absolute atomic E-state index is 12.7. The highest BCUT2D eigenvalue weighted by Crippen LogP contribution is 2.39. The van der Waals surface area contributed by atoms with Gasteiger partial charge in [0.2, 0.25) is 0 Å². The lowest BCUT2D eigenvalue weighted by molar-refractivity contribution is 0.420. The van der Waals surface area contributed by atoms with E-state index >= 15 is 0 Å². The number of H-pyrrole nitrogens is 1. The van der Waals surface area contributed by atoms with Crippen molar-refractivity contribution in [2.75, 3.05) is 7.11 Å². The summed E-state index contributed by atoms with van der Waals surface area (Å²) in [5.41, 5.74) is 3.65. The standard InChI is InChI=1S/C22H17NO2/c1-25-18-14-8-13-17-20(18)19(15-9-4-2-5-10-15)21(23-22(17)24)16-11-6-3-7-12-16/h2-14H,1H3,(H,23,24). The zero-order valence-corrected chi connectivity index (χ0v) is 13.8. The largest absolute Gasteiger partial charge is 0.496 e. The summed E-state index contributed by atoms with van der Waals surface area (Å²) in [6.45, 7) is 0. The van der Waals surface area contributed by atoms with Crippen LogP contribution in [0.3, 0.4) is 0 Å². The van der Waals surface area contributed by atoms with Gasteiger partial charge in [-0.2, -0.15) is 0 Å². The molecule has 0 aliphatic rings. The number of fused-ring (bicyclic) bond motifs is 1. The predicted molar refractivity (Wildman–Crippen MR) is 102 cm³/mol. The van der Waals surface area contributed by atoms with Crippen molar-refractivity contribution in [1.29, 1.82) is 0 Å². The van der Waals surface area contributed by atoms with Gasteiger partial charge < -0.3 is 9.72 Å². The Morgan fingerprint density at radius 1 is 0.760 bits per heavy atom. The van der Waals surface area contributed by atoms with Crippen LogP contribution in [0.5, 0.6) is 5.75 Å². The molecule has 1 N–H and O–H groups in total. The monoisotopic (exact) mass is 327 g/mol. The minimum atomic E-state index is -0.118. The summed E-state index contributed by atoms with van der Waals surface area (Å²) in [4.78, 5) is 15.8. The van der Waals surface area contributed by atoms with Crippen LogP contribution < -0.4 is 10.3 Å². The van der Waals surface area contributed by atoms with Gasteiger partial charge in [-0.25, -0.2) is 0 Å². The van der Waals surface area contributed by atoms with Crippen molar-refractivity contribution in [3.63, 3.8) is 0 Å². The molecule has 0 aliphatic carbocycles. The normalized spacial score (nSPS) is 10.8. The van der Waals surface area contributed by atoms with E-state index in [-0.39, 0.29) is 5.56 Å². The number of benzene rings is 3. The molecule has 25 heavy (non-hydrogen) atoms. The third kappa shape index (κ3) is 2.60. The van der Waals surface area contributed by atoms with Crippen molar-refractivity contribution in [2.45, 2.75) is 0 Å². The quantitative estimate of drug-likeness (QED) is 0.583. The molecule has 122 valence electrons. The summed E-state index contributed by atoms with van der Waals surface area (Å²) in [7, 11) is 1.63. The zero-order chi connectivity index (χ0) is 17.2. The van der Waals surface area contributed by atoms with E-state index in [0.717, 1.165) is 27.8 Å². The number of hydrogen-bond acceptors (Lipinski definition) is 2. The number of ether oxygens (including phenoxy) is 1. The molecule has 1 heterocycles.